The summed E-state index contributed by atoms with van der Waals surface area (Å²) in [5.41, 5.74) is 1.55. The molecule has 1 aromatic rings. The van der Waals surface area contributed by atoms with Crippen molar-refractivity contribution in [2.24, 2.45) is 0 Å². The first-order chi connectivity index (χ1) is 10.9. The second kappa shape index (κ2) is 9.27. The molecule has 132 valence electrons. The van der Waals surface area contributed by atoms with Gasteiger partial charge >= 0.3 is 0 Å². The van der Waals surface area contributed by atoms with Crippen LogP contribution in [0.15, 0.2) is 18.2 Å². The third-order valence-corrected chi connectivity index (χ3v) is 8.88. The summed E-state index contributed by atoms with van der Waals surface area (Å²) in [4.78, 5) is 1.91. The van der Waals surface area contributed by atoms with Gasteiger partial charge in [-0.3, -0.25) is 0 Å². The lowest BCUT2D eigenvalue weighted by molar-refractivity contribution is 0.161. The molecule has 23 heavy (non-hydrogen) atoms. The Morgan fingerprint density at radius 3 is 2.26 bits per heavy atom. The lowest BCUT2D eigenvalue weighted by Gasteiger charge is -2.30. The molecule has 1 unspecified atom stereocenters. The number of aliphatic hydroxyl groups is 2. The smallest absolute Gasteiger partial charge is 0.250 e. The number of aliphatic hydroxyl groups excluding tert-OH is 2. The first-order valence-electron chi connectivity index (χ1n) is 8.41. The van der Waals surface area contributed by atoms with Gasteiger partial charge in [-0.1, -0.05) is 20.8 Å². The molecule has 0 saturated heterocycles. The maximum Gasteiger partial charge on any atom is 0.250 e. The summed E-state index contributed by atoms with van der Waals surface area (Å²) in [5.74, 6) is 0.775. The van der Waals surface area contributed by atoms with Crippen LogP contribution in [0, 0.1) is 0 Å². The van der Waals surface area contributed by atoms with E-state index in [1.165, 1.54) is 0 Å². The zero-order valence-corrected chi connectivity index (χ0v) is 16.1. The number of rotatable bonds is 10. The zero-order valence-electron chi connectivity index (χ0n) is 15.1. The van der Waals surface area contributed by atoms with Crippen molar-refractivity contribution < 1.29 is 14.6 Å². The maximum atomic E-state index is 9.97. The Labute approximate surface area is 141 Å². The van der Waals surface area contributed by atoms with E-state index in [2.05, 4.69) is 26.1 Å². The SMILES string of the molecule is CC[Si](CC)(CC)Oc1ccc(NC(O)CN(C)C)cc1CO. The van der Waals surface area contributed by atoms with E-state index in [0.717, 1.165) is 35.1 Å². The number of benzene rings is 1. The van der Waals surface area contributed by atoms with E-state index in [1.54, 1.807) is 0 Å². The highest BCUT2D eigenvalue weighted by atomic mass is 28.4. The Hall–Kier alpha value is -1.08. The highest BCUT2D eigenvalue weighted by Crippen LogP contribution is 2.30. The molecule has 0 heterocycles. The van der Waals surface area contributed by atoms with Crippen molar-refractivity contribution in [3.05, 3.63) is 23.8 Å². The van der Waals surface area contributed by atoms with Gasteiger partial charge in [-0.15, -0.1) is 0 Å². The molecule has 0 aromatic heterocycles. The van der Waals surface area contributed by atoms with Gasteiger partial charge in [0.25, 0.3) is 0 Å². The molecule has 0 aliphatic carbocycles. The van der Waals surface area contributed by atoms with Crippen LogP contribution >= 0.6 is 0 Å². The third kappa shape index (κ3) is 5.80. The summed E-state index contributed by atoms with van der Waals surface area (Å²) >= 11 is 0. The highest BCUT2D eigenvalue weighted by Gasteiger charge is 2.31. The van der Waals surface area contributed by atoms with Crippen molar-refractivity contribution in [2.75, 3.05) is 26.0 Å². The maximum absolute atomic E-state index is 9.97. The first-order valence-corrected chi connectivity index (χ1v) is 10.9. The molecular weight excluding hydrogens is 308 g/mol. The van der Waals surface area contributed by atoms with Crippen LogP contribution in [-0.4, -0.2) is 50.3 Å². The summed E-state index contributed by atoms with van der Waals surface area (Å²) in [5, 5.41) is 22.7. The van der Waals surface area contributed by atoms with Gasteiger partial charge in [0.05, 0.1) is 6.61 Å². The first kappa shape index (κ1) is 20.0. The van der Waals surface area contributed by atoms with Crippen LogP contribution in [0.25, 0.3) is 0 Å². The van der Waals surface area contributed by atoms with Gasteiger partial charge in [-0.05, 0) is 50.4 Å². The van der Waals surface area contributed by atoms with Crippen LogP contribution in [0.4, 0.5) is 5.69 Å². The molecule has 1 rings (SSSR count). The van der Waals surface area contributed by atoms with E-state index >= 15 is 0 Å². The summed E-state index contributed by atoms with van der Waals surface area (Å²) in [6, 6.07) is 8.84. The predicted molar refractivity (Wildman–Crippen MR) is 98.4 cm³/mol. The number of nitrogens with zero attached hydrogens (tertiary/aromatic N) is 1. The van der Waals surface area contributed by atoms with E-state index in [9.17, 15) is 10.2 Å². The van der Waals surface area contributed by atoms with Gasteiger partial charge in [0, 0.05) is 17.8 Å². The van der Waals surface area contributed by atoms with Gasteiger partial charge in [-0.25, -0.2) is 0 Å². The molecular formula is C17H32N2O3Si. The van der Waals surface area contributed by atoms with Gasteiger partial charge in [-0.2, -0.15) is 0 Å². The van der Waals surface area contributed by atoms with E-state index in [1.807, 2.05) is 37.2 Å². The minimum Gasteiger partial charge on any atom is -0.543 e. The van der Waals surface area contributed by atoms with Crippen molar-refractivity contribution in [3.63, 3.8) is 0 Å². The lowest BCUT2D eigenvalue weighted by Crippen LogP contribution is -2.39. The number of likely N-dealkylation sites (N-methyl/N-ethyl adjacent to an activating group) is 1. The lowest BCUT2D eigenvalue weighted by atomic mass is 10.2. The molecule has 0 saturated carbocycles. The van der Waals surface area contributed by atoms with Crippen molar-refractivity contribution in [1.82, 2.24) is 4.90 Å². The van der Waals surface area contributed by atoms with Gasteiger partial charge in [0.1, 0.15) is 12.0 Å². The topological polar surface area (TPSA) is 65.0 Å². The van der Waals surface area contributed by atoms with E-state index in [4.69, 9.17) is 4.43 Å². The fourth-order valence-corrected chi connectivity index (χ4v) is 5.27. The van der Waals surface area contributed by atoms with E-state index in [-0.39, 0.29) is 6.61 Å². The molecule has 0 radical (unpaired) electrons. The van der Waals surface area contributed by atoms with E-state index < -0.39 is 14.5 Å². The summed E-state index contributed by atoms with van der Waals surface area (Å²) in [7, 11) is 2.05. The standard InChI is InChI=1S/C17H32N2O3Si/c1-6-23(7-2,8-3)22-16-10-9-15(11-14(16)13-20)18-17(21)12-19(4)5/h9-11,17-18,20-21H,6-8,12-13H2,1-5H3. The molecule has 1 atom stereocenters. The number of anilines is 1. The number of nitrogens with one attached hydrogen (secondary N) is 1. The molecule has 0 fully saturated rings. The van der Waals surface area contributed by atoms with Crippen LogP contribution in [0.3, 0.4) is 0 Å². The molecule has 1 aromatic carbocycles. The second-order valence-electron chi connectivity index (χ2n) is 6.25. The number of hydrogen-bond acceptors (Lipinski definition) is 5. The Morgan fingerprint density at radius 1 is 1.17 bits per heavy atom. The van der Waals surface area contributed by atoms with E-state index in [0.29, 0.717) is 6.54 Å². The average Bonchev–Trinajstić information content (AvgIpc) is 2.53. The fraction of sp³-hybridized carbons (Fsp3) is 0.647. The molecule has 6 heteroatoms. The quantitative estimate of drug-likeness (QED) is 0.451. The second-order valence-corrected chi connectivity index (χ2v) is 10.9. The third-order valence-electron chi connectivity index (χ3n) is 4.36. The van der Waals surface area contributed by atoms with Gasteiger partial charge in [0.15, 0.2) is 0 Å². The van der Waals surface area contributed by atoms with Crippen LogP contribution in [0.2, 0.25) is 18.1 Å². The minimum atomic E-state index is -1.76. The minimum absolute atomic E-state index is 0.0732. The van der Waals surface area contributed by atoms with Crippen molar-refractivity contribution in [2.45, 2.75) is 51.7 Å². The summed E-state index contributed by atoms with van der Waals surface area (Å²) < 4.78 is 6.38. The molecule has 3 N–H and O–H groups in total. The predicted octanol–water partition coefficient (Wildman–Crippen LogP) is 2.85. The van der Waals surface area contributed by atoms with Crippen LogP contribution in [0.5, 0.6) is 5.75 Å². The van der Waals surface area contributed by atoms with Gasteiger partial charge < -0.3 is 24.9 Å². The average molecular weight is 341 g/mol. The van der Waals surface area contributed by atoms with Crippen molar-refractivity contribution in [3.8, 4) is 5.75 Å². The summed E-state index contributed by atoms with van der Waals surface area (Å²) in [6.45, 7) is 7.00. The Balaban J connectivity index is 2.92. The Kier molecular flexibility index (Phi) is 8.05. The van der Waals surface area contributed by atoms with Crippen LogP contribution in [0.1, 0.15) is 26.3 Å². The Bertz CT molecular complexity index is 471. The Morgan fingerprint density at radius 2 is 1.78 bits per heavy atom. The highest BCUT2D eigenvalue weighted by molar-refractivity contribution is 6.74. The molecule has 0 spiro atoms. The molecule has 0 bridgehead atoms. The van der Waals surface area contributed by atoms with Gasteiger partial charge in [0.2, 0.25) is 8.32 Å². The van der Waals surface area contributed by atoms with Crippen molar-refractivity contribution in [1.29, 1.82) is 0 Å². The largest absolute Gasteiger partial charge is 0.543 e. The normalized spacial score (nSPS) is 13.2. The van der Waals surface area contributed by atoms with Crippen molar-refractivity contribution >= 4 is 14.0 Å². The zero-order chi connectivity index (χ0) is 17.5. The number of hydrogen-bond donors (Lipinski definition) is 3. The molecule has 0 amide bonds. The molecule has 0 aliphatic rings. The molecule has 0 aliphatic heterocycles. The molecule has 5 nitrogen and oxygen atoms in total. The fourth-order valence-electron chi connectivity index (χ4n) is 2.68. The van der Waals surface area contributed by atoms with Crippen LogP contribution < -0.4 is 9.74 Å². The monoisotopic (exact) mass is 340 g/mol. The van der Waals surface area contributed by atoms with Crippen LogP contribution in [-0.2, 0) is 6.61 Å². The summed E-state index contributed by atoms with van der Waals surface area (Å²) in [6.07, 6.45) is -0.654.